The smallest absolute Gasteiger partial charge is 0.327 e. The van der Waals surface area contributed by atoms with Gasteiger partial charge in [-0.2, -0.15) is 0 Å². The third-order valence-corrected chi connectivity index (χ3v) is 4.26. The van der Waals surface area contributed by atoms with Crippen LogP contribution < -0.4 is 22.3 Å². The predicted octanol–water partition coefficient (Wildman–Crippen LogP) is 1.01. The molecule has 0 saturated carbocycles. The number of carbonyl (C=O) groups excluding carboxylic acids is 1. The topological polar surface area (TPSA) is 134 Å². The fraction of sp³-hybridized carbons (Fsp3) is 0.467. The Balaban J connectivity index is 0.00000288. The zero-order chi connectivity index (χ0) is 17.2. The Labute approximate surface area is 156 Å². The van der Waals surface area contributed by atoms with Crippen LogP contribution in [0.3, 0.4) is 0 Å². The average Bonchev–Trinajstić information content (AvgIpc) is 2.51. The molecule has 140 valence electrons. The van der Waals surface area contributed by atoms with Crippen LogP contribution in [-0.2, 0) is 0 Å². The fourth-order valence-electron chi connectivity index (χ4n) is 2.54. The summed E-state index contributed by atoms with van der Waals surface area (Å²) in [6.07, 6.45) is 1.38. The maximum Gasteiger partial charge on any atom is 0.327 e. The van der Waals surface area contributed by atoms with Crippen molar-refractivity contribution in [2.45, 2.75) is 39.2 Å². The lowest BCUT2D eigenvalue weighted by atomic mass is 9.92. The monoisotopic (exact) mass is 391 g/mol. The van der Waals surface area contributed by atoms with E-state index in [1.54, 1.807) is 6.92 Å². The minimum Gasteiger partial charge on any atom is -0.344 e. The van der Waals surface area contributed by atoms with Crippen LogP contribution in [-0.4, -0.2) is 32.9 Å². The molecule has 0 aliphatic rings. The molecular weight excluding hydrogens is 369 g/mol. The number of hydrogen-bond donors (Lipinski definition) is 4. The molecule has 0 fully saturated rings. The normalized spacial score (nSPS) is 10.7. The standard InChI is InChI=1S/C15H21N5O3.2ClH/c1-4-15(5-2,7-16)20-12(21)9-6-8(3)10-11(17-9)18-14(23)19-13(10)22;;/h6H,4-5,7,16H2,1-3H3,(H,20,21)(H2,17,18,19,22,23);2*1H. The number of amides is 1. The fourth-order valence-corrected chi connectivity index (χ4v) is 2.54. The highest BCUT2D eigenvalue weighted by Gasteiger charge is 2.27. The van der Waals surface area contributed by atoms with E-state index >= 15 is 0 Å². The van der Waals surface area contributed by atoms with Crippen molar-refractivity contribution in [2.75, 3.05) is 6.54 Å². The highest BCUT2D eigenvalue weighted by atomic mass is 35.5. The Morgan fingerprint density at radius 3 is 2.36 bits per heavy atom. The molecule has 8 nitrogen and oxygen atoms in total. The van der Waals surface area contributed by atoms with E-state index in [2.05, 4.69) is 20.3 Å². The Bertz CT molecular complexity index is 850. The van der Waals surface area contributed by atoms with Crippen LogP contribution in [0.25, 0.3) is 11.0 Å². The van der Waals surface area contributed by atoms with E-state index in [0.29, 0.717) is 24.9 Å². The molecule has 0 unspecified atom stereocenters. The van der Waals surface area contributed by atoms with Crippen molar-refractivity contribution in [1.82, 2.24) is 20.3 Å². The van der Waals surface area contributed by atoms with Crippen molar-refractivity contribution in [1.29, 1.82) is 0 Å². The van der Waals surface area contributed by atoms with Gasteiger partial charge in [-0.25, -0.2) is 9.78 Å². The zero-order valence-electron chi connectivity index (χ0n) is 14.3. The quantitative estimate of drug-likeness (QED) is 0.603. The first-order valence-electron chi connectivity index (χ1n) is 7.52. The third kappa shape index (κ3) is 4.59. The molecule has 0 aromatic carbocycles. The Hall–Kier alpha value is -1.90. The molecule has 0 atom stereocenters. The number of H-pyrrole nitrogens is 2. The van der Waals surface area contributed by atoms with Gasteiger partial charge in [-0.15, -0.1) is 24.8 Å². The molecule has 0 aliphatic carbocycles. The van der Waals surface area contributed by atoms with Crippen molar-refractivity contribution in [2.24, 2.45) is 5.73 Å². The first-order chi connectivity index (χ1) is 10.9. The van der Waals surface area contributed by atoms with E-state index in [-0.39, 0.29) is 47.4 Å². The summed E-state index contributed by atoms with van der Waals surface area (Å²) in [4.78, 5) is 44.4. The number of fused-ring (bicyclic) bond motifs is 1. The summed E-state index contributed by atoms with van der Waals surface area (Å²) in [7, 11) is 0. The lowest BCUT2D eigenvalue weighted by Crippen LogP contribution is -2.53. The van der Waals surface area contributed by atoms with E-state index < -0.39 is 16.8 Å². The second-order valence-corrected chi connectivity index (χ2v) is 5.60. The molecule has 2 heterocycles. The van der Waals surface area contributed by atoms with Gasteiger partial charge in [0.2, 0.25) is 0 Å². The molecular formula is C15H23Cl2N5O3. The number of carbonyl (C=O) groups is 1. The van der Waals surface area contributed by atoms with E-state index in [1.165, 1.54) is 6.07 Å². The van der Waals surface area contributed by atoms with Crippen LogP contribution in [0.2, 0.25) is 0 Å². The van der Waals surface area contributed by atoms with Crippen LogP contribution in [0.5, 0.6) is 0 Å². The van der Waals surface area contributed by atoms with Crippen molar-refractivity contribution < 1.29 is 4.79 Å². The number of pyridine rings is 1. The third-order valence-electron chi connectivity index (χ3n) is 4.26. The van der Waals surface area contributed by atoms with Crippen molar-refractivity contribution in [3.63, 3.8) is 0 Å². The number of nitrogens with one attached hydrogen (secondary N) is 3. The number of halogens is 2. The highest BCUT2D eigenvalue weighted by molar-refractivity contribution is 5.95. The average molecular weight is 392 g/mol. The molecule has 1 amide bonds. The molecule has 25 heavy (non-hydrogen) atoms. The molecule has 0 spiro atoms. The van der Waals surface area contributed by atoms with Crippen LogP contribution >= 0.6 is 24.8 Å². The number of aromatic amines is 2. The number of nitrogens with zero attached hydrogens (tertiary/aromatic N) is 1. The Kier molecular flexibility index (Phi) is 8.30. The van der Waals surface area contributed by atoms with Crippen LogP contribution in [0.4, 0.5) is 0 Å². The molecule has 10 heteroatoms. The van der Waals surface area contributed by atoms with Crippen molar-refractivity contribution in [3.8, 4) is 0 Å². The van der Waals surface area contributed by atoms with Gasteiger partial charge in [0.25, 0.3) is 11.5 Å². The van der Waals surface area contributed by atoms with E-state index in [0.717, 1.165) is 0 Å². The van der Waals surface area contributed by atoms with Gasteiger partial charge in [-0.3, -0.25) is 19.6 Å². The maximum absolute atomic E-state index is 12.5. The van der Waals surface area contributed by atoms with Crippen LogP contribution in [0.15, 0.2) is 15.7 Å². The summed E-state index contributed by atoms with van der Waals surface area (Å²) in [6.45, 7) is 5.90. The van der Waals surface area contributed by atoms with Crippen LogP contribution in [0, 0.1) is 6.92 Å². The van der Waals surface area contributed by atoms with E-state index in [4.69, 9.17) is 5.73 Å². The summed E-state index contributed by atoms with van der Waals surface area (Å²) in [5.74, 6) is -0.384. The van der Waals surface area contributed by atoms with Gasteiger partial charge in [-0.05, 0) is 31.4 Å². The zero-order valence-corrected chi connectivity index (χ0v) is 15.9. The summed E-state index contributed by atoms with van der Waals surface area (Å²) >= 11 is 0. The summed E-state index contributed by atoms with van der Waals surface area (Å²) in [6, 6.07) is 1.53. The van der Waals surface area contributed by atoms with Gasteiger partial charge in [0, 0.05) is 6.54 Å². The SMILES string of the molecule is CCC(CC)(CN)NC(=O)c1cc(C)c2c(=O)[nH]c(=O)[nH]c2n1.Cl.Cl. The number of hydrogen-bond acceptors (Lipinski definition) is 5. The van der Waals surface area contributed by atoms with Gasteiger partial charge < -0.3 is 11.1 Å². The summed E-state index contributed by atoms with van der Waals surface area (Å²) in [5.41, 5.74) is 4.89. The second kappa shape index (κ2) is 8.98. The number of aromatic nitrogens is 3. The minimum absolute atomic E-state index is 0. The van der Waals surface area contributed by atoms with Crippen molar-refractivity contribution >= 4 is 41.8 Å². The molecule has 0 saturated heterocycles. The molecule has 2 aromatic rings. The molecule has 0 radical (unpaired) electrons. The first kappa shape index (κ1) is 23.1. The minimum atomic E-state index is -0.662. The van der Waals surface area contributed by atoms with Gasteiger partial charge in [0.15, 0.2) is 0 Å². The van der Waals surface area contributed by atoms with E-state index in [1.807, 2.05) is 13.8 Å². The highest BCUT2D eigenvalue weighted by Crippen LogP contribution is 2.16. The van der Waals surface area contributed by atoms with Gasteiger partial charge in [0.05, 0.1) is 10.9 Å². The largest absolute Gasteiger partial charge is 0.344 e. The summed E-state index contributed by atoms with van der Waals surface area (Å²) in [5, 5.41) is 3.17. The second-order valence-electron chi connectivity index (χ2n) is 5.60. The summed E-state index contributed by atoms with van der Waals surface area (Å²) < 4.78 is 0. The first-order valence-corrected chi connectivity index (χ1v) is 7.52. The Morgan fingerprint density at radius 1 is 1.24 bits per heavy atom. The van der Waals surface area contributed by atoms with Gasteiger partial charge >= 0.3 is 5.69 Å². The molecule has 2 aromatic heterocycles. The van der Waals surface area contributed by atoms with Gasteiger partial charge in [-0.1, -0.05) is 13.8 Å². The maximum atomic E-state index is 12.5. The molecule has 2 rings (SSSR count). The molecule has 0 bridgehead atoms. The number of aryl methyl sites for hydroxylation is 1. The van der Waals surface area contributed by atoms with Gasteiger partial charge in [0.1, 0.15) is 11.3 Å². The Morgan fingerprint density at radius 2 is 1.84 bits per heavy atom. The number of rotatable bonds is 5. The lowest BCUT2D eigenvalue weighted by molar-refractivity contribution is 0.0890. The van der Waals surface area contributed by atoms with Crippen molar-refractivity contribution in [3.05, 3.63) is 38.2 Å². The number of nitrogens with two attached hydrogens (primary N) is 1. The molecule has 0 aliphatic heterocycles. The predicted molar refractivity (Wildman–Crippen MR) is 102 cm³/mol. The van der Waals surface area contributed by atoms with E-state index in [9.17, 15) is 14.4 Å². The van der Waals surface area contributed by atoms with Crippen LogP contribution in [0.1, 0.15) is 42.7 Å². The molecule has 5 N–H and O–H groups in total. The lowest BCUT2D eigenvalue weighted by Gasteiger charge is -2.31.